The Morgan fingerprint density at radius 2 is 1.67 bits per heavy atom. The highest BCUT2D eigenvalue weighted by Gasteiger charge is 2.39. The summed E-state index contributed by atoms with van der Waals surface area (Å²) >= 11 is 0. The Kier molecular flexibility index (Phi) is 4.96. The first-order valence-electron chi connectivity index (χ1n) is 5.86. The summed E-state index contributed by atoms with van der Waals surface area (Å²) in [7, 11) is 1.50. The van der Waals surface area contributed by atoms with Gasteiger partial charge < -0.3 is 14.9 Å². The van der Waals surface area contributed by atoms with Gasteiger partial charge in [-0.3, -0.25) is 0 Å². The topological polar surface area (TPSA) is 60.9 Å². The Morgan fingerprint density at radius 1 is 1.22 bits per heavy atom. The van der Waals surface area contributed by atoms with Gasteiger partial charge in [0, 0.05) is 19.1 Å². The van der Waals surface area contributed by atoms with Crippen molar-refractivity contribution in [1.29, 1.82) is 0 Å². The van der Waals surface area contributed by atoms with Gasteiger partial charge in [0.1, 0.15) is 5.54 Å². The zero-order valence-electron chi connectivity index (χ0n) is 12.1. The van der Waals surface area contributed by atoms with Crippen molar-refractivity contribution in [2.24, 2.45) is 0 Å². The predicted octanol–water partition coefficient (Wildman–Crippen LogP) is 2.19. The summed E-state index contributed by atoms with van der Waals surface area (Å²) in [4.78, 5) is 26.4. The summed E-state index contributed by atoms with van der Waals surface area (Å²) in [6, 6.07) is -0.324. The molecule has 5 nitrogen and oxygen atoms in total. The van der Waals surface area contributed by atoms with E-state index in [1.807, 2.05) is 20.8 Å². The fourth-order valence-corrected chi connectivity index (χ4v) is 1.33. The minimum atomic E-state index is -1.25. The highest BCUT2D eigenvalue weighted by molar-refractivity contribution is 5.85. The molecule has 0 aliphatic rings. The van der Waals surface area contributed by atoms with E-state index in [9.17, 15) is 9.59 Å². The minimum absolute atomic E-state index is 0.324. The van der Waals surface area contributed by atoms with E-state index in [0.717, 1.165) is 0 Å². The van der Waals surface area contributed by atoms with Gasteiger partial charge in [-0.25, -0.2) is 9.59 Å². The molecule has 0 aromatic carbocycles. The Bertz CT molecular complexity index is 343. The van der Waals surface area contributed by atoms with E-state index in [1.54, 1.807) is 11.0 Å². The summed E-state index contributed by atoms with van der Waals surface area (Å²) in [5, 5.41) is 9.14. The van der Waals surface area contributed by atoms with Crippen molar-refractivity contribution in [3.8, 4) is 0 Å². The maximum atomic E-state index is 12.4. The lowest BCUT2D eigenvalue weighted by molar-refractivity contribution is -0.147. The lowest BCUT2D eigenvalue weighted by atomic mass is 10.0. The summed E-state index contributed by atoms with van der Waals surface area (Å²) in [5.41, 5.74) is -1.64. The molecule has 0 atom stereocenters. The minimum Gasteiger partial charge on any atom is -0.480 e. The molecule has 0 radical (unpaired) electrons. The molecule has 0 bridgehead atoms. The van der Waals surface area contributed by atoms with Crippen LogP contribution in [-0.2, 0) is 4.79 Å². The van der Waals surface area contributed by atoms with Crippen molar-refractivity contribution in [2.75, 3.05) is 13.6 Å². The smallest absolute Gasteiger partial charge is 0.329 e. The summed E-state index contributed by atoms with van der Waals surface area (Å²) in [6.45, 7) is 12.7. The zero-order chi connectivity index (χ0) is 14.7. The molecule has 0 saturated carbocycles. The third-order valence-electron chi connectivity index (χ3n) is 3.00. The van der Waals surface area contributed by atoms with Gasteiger partial charge in [0.15, 0.2) is 0 Å². The van der Waals surface area contributed by atoms with Gasteiger partial charge in [-0.2, -0.15) is 0 Å². The summed E-state index contributed by atoms with van der Waals surface area (Å²) in [6.07, 6.45) is 1.63. The van der Waals surface area contributed by atoms with Gasteiger partial charge in [-0.15, -0.1) is 6.58 Å². The van der Waals surface area contributed by atoms with Crippen LogP contribution in [0.3, 0.4) is 0 Å². The van der Waals surface area contributed by atoms with E-state index in [-0.39, 0.29) is 6.03 Å². The van der Waals surface area contributed by atoms with Crippen LogP contribution in [0.25, 0.3) is 0 Å². The Morgan fingerprint density at radius 3 is 1.94 bits per heavy atom. The average Bonchev–Trinajstić information content (AvgIpc) is 2.21. The van der Waals surface area contributed by atoms with Crippen molar-refractivity contribution in [3.05, 3.63) is 12.7 Å². The number of rotatable bonds is 4. The van der Waals surface area contributed by atoms with Gasteiger partial charge in [0.25, 0.3) is 0 Å². The van der Waals surface area contributed by atoms with Crippen molar-refractivity contribution >= 4 is 12.0 Å². The van der Waals surface area contributed by atoms with Crippen LogP contribution < -0.4 is 0 Å². The first-order valence-corrected chi connectivity index (χ1v) is 5.86. The summed E-state index contributed by atoms with van der Waals surface area (Å²) in [5.74, 6) is -1.04. The van der Waals surface area contributed by atoms with Gasteiger partial charge in [-0.05, 0) is 34.6 Å². The molecule has 104 valence electrons. The average molecular weight is 256 g/mol. The number of carboxylic acid groups (broad SMARTS) is 1. The molecule has 0 heterocycles. The molecular weight excluding hydrogens is 232 g/mol. The monoisotopic (exact) mass is 256 g/mol. The second-order valence-electron chi connectivity index (χ2n) is 5.78. The van der Waals surface area contributed by atoms with E-state index < -0.39 is 17.0 Å². The molecule has 0 aromatic rings. The quantitative estimate of drug-likeness (QED) is 0.784. The van der Waals surface area contributed by atoms with Crippen LogP contribution in [-0.4, -0.2) is 51.6 Å². The molecule has 0 spiro atoms. The standard InChI is InChI=1S/C13H24N2O3/c1-8-9-15(12(2,3)4)11(18)14(7)13(5,6)10(16)17/h8H,1,9H2,2-7H3,(H,16,17). The Hall–Kier alpha value is -1.52. The largest absolute Gasteiger partial charge is 0.480 e. The van der Waals surface area contributed by atoms with Gasteiger partial charge in [0.2, 0.25) is 0 Å². The van der Waals surface area contributed by atoms with Crippen LogP contribution in [0.5, 0.6) is 0 Å². The molecular formula is C13H24N2O3. The van der Waals surface area contributed by atoms with E-state index in [2.05, 4.69) is 6.58 Å². The fourth-order valence-electron chi connectivity index (χ4n) is 1.33. The number of nitrogens with zero attached hydrogens (tertiary/aromatic N) is 2. The van der Waals surface area contributed by atoms with Crippen molar-refractivity contribution < 1.29 is 14.7 Å². The van der Waals surface area contributed by atoms with E-state index >= 15 is 0 Å². The third-order valence-corrected chi connectivity index (χ3v) is 3.00. The molecule has 0 unspecified atom stereocenters. The number of urea groups is 1. The lowest BCUT2D eigenvalue weighted by Crippen LogP contribution is -2.58. The maximum Gasteiger partial charge on any atom is 0.329 e. The first kappa shape index (κ1) is 16.5. The normalized spacial score (nSPS) is 11.9. The van der Waals surface area contributed by atoms with Crippen LogP contribution in [0, 0.1) is 0 Å². The number of carboxylic acids is 1. The van der Waals surface area contributed by atoms with Gasteiger partial charge in [0.05, 0.1) is 0 Å². The number of aliphatic carboxylic acids is 1. The Balaban J connectivity index is 5.23. The molecule has 2 amide bonds. The zero-order valence-corrected chi connectivity index (χ0v) is 12.1. The molecule has 5 heteroatoms. The number of likely N-dealkylation sites (N-methyl/N-ethyl adjacent to an activating group) is 1. The molecule has 0 aliphatic heterocycles. The Labute approximate surface area is 109 Å². The molecule has 0 aromatic heterocycles. The van der Waals surface area contributed by atoms with E-state index in [0.29, 0.717) is 6.54 Å². The van der Waals surface area contributed by atoms with Gasteiger partial charge in [-0.1, -0.05) is 6.08 Å². The number of hydrogen-bond acceptors (Lipinski definition) is 2. The lowest BCUT2D eigenvalue weighted by Gasteiger charge is -2.41. The number of carbonyl (C=O) groups excluding carboxylic acids is 1. The van der Waals surface area contributed by atoms with E-state index in [4.69, 9.17) is 5.11 Å². The predicted molar refractivity (Wildman–Crippen MR) is 71.5 cm³/mol. The maximum absolute atomic E-state index is 12.4. The molecule has 0 rings (SSSR count). The fraction of sp³-hybridized carbons (Fsp3) is 0.692. The SMILES string of the molecule is C=CCN(C(=O)N(C)C(C)(C)C(=O)O)C(C)(C)C. The van der Waals surface area contributed by atoms with Crippen LogP contribution in [0.2, 0.25) is 0 Å². The molecule has 18 heavy (non-hydrogen) atoms. The highest BCUT2D eigenvalue weighted by atomic mass is 16.4. The van der Waals surface area contributed by atoms with Crippen LogP contribution in [0.1, 0.15) is 34.6 Å². The van der Waals surface area contributed by atoms with Gasteiger partial charge >= 0.3 is 12.0 Å². The second kappa shape index (κ2) is 5.42. The molecule has 0 aliphatic carbocycles. The van der Waals surface area contributed by atoms with Crippen molar-refractivity contribution in [1.82, 2.24) is 9.80 Å². The third kappa shape index (κ3) is 3.48. The number of carbonyl (C=O) groups is 2. The molecule has 0 fully saturated rings. The van der Waals surface area contributed by atoms with E-state index in [1.165, 1.54) is 25.8 Å². The van der Waals surface area contributed by atoms with Crippen molar-refractivity contribution in [2.45, 2.75) is 45.7 Å². The molecule has 0 saturated heterocycles. The van der Waals surface area contributed by atoms with Crippen LogP contribution in [0.4, 0.5) is 4.79 Å². The molecule has 1 N–H and O–H groups in total. The number of hydrogen-bond donors (Lipinski definition) is 1. The summed E-state index contributed by atoms with van der Waals surface area (Å²) < 4.78 is 0. The number of amides is 2. The highest BCUT2D eigenvalue weighted by Crippen LogP contribution is 2.20. The van der Waals surface area contributed by atoms with Crippen molar-refractivity contribution in [3.63, 3.8) is 0 Å². The van der Waals surface area contributed by atoms with Crippen LogP contribution in [0.15, 0.2) is 12.7 Å². The second-order valence-corrected chi connectivity index (χ2v) is 5.78. The van der Waals surface area contributed by atoms with Crippen LogP contribution >= 0.6 is 0 Å². The first-order chi connectivity index (χ1) is 7.96.